The van der Waals surface area contributed by atoms with Crippen LogP contribution in [0, 0.1) is 0 Å². The van der Waals surface area contributed by atoms with Gasteiger partial charge in [0.05, 0.1) is 19.4 Å². The number of amides is 2. The summed E-state index contributed by atoms with van der Waals surface area (Å²) in [5, 5.41) is 9.79. The fourth-order valence-electron chi connectivity index (χ4n) is 2.75. The Hall–Kier alpha value is -3.81. The second-order valence-electron chi connectivity index (χ2n) is 5.96. The number of hydrogen-bond acceptors (Lipinski definition) is 4. The van der Waals surface area contributed by atoms with Gasteiger partial charge in [0, 0.05) is 11.9 Å². The van der Waals surface area contributed by atoms with Gasteiger partial charge in [0.15, 0.2) is 5.65 Å². The summed E-state index contributed by atoms with van der Waals surface area (Å²) < 4.78 is 8.06. The summed E-state index contributed by atoms with van der Waals surface area (Å²) in [5.41, 5.74) is 1.86. The molecule has 4 rings (SSSR count). The van der Waals surface area contributed by atoms with Crippen LogP contribution < -0.4 is 16.3 Å². The lowest BCUT2D eigenvalue weighted by atomic mass is 10.2. The van der Waals surface area contributed by atoms with Gasteiger partial charge in [-0.15, -0.1) is 5.10 Å². The van der Waals surface area contributed by atoms with E-state index >= 15 is 0 Å². The number of hydrogen-bond donors (Lipinski definition) is 2. The molecule has 0 atom stereocenters. The van der Waals surface area contributed by atoms with Crippen LogP contribution in [0.4, 0.5) is 10.5 Å². The number of nitrogens with one attached hydrogen (secondary N) is 2. The van der Waals surface area contributed by atoms with Crippen molar-refractivity contribution in [3.63, 3.8) is 0 Å². The summed E-state index contributed by atoms with van der Waals surface area (Å²) in [6.45, 7) is 0.610. The predicted octanol–water partition coefficient (Wildman–Crippen LogP) is 2.46. The molecule has 0 aliphatic rings. The maximum Gasteiger partial charge on any atom is 0.350 e. The van der Waals surface area contributed by atoms with Crippen LogP contribution in [0.1, 0.15) is 11.3 Å². The molecule has 2 amide bonds. The molecule has 0 saturated carbocycles. The predicted molar refractivity (Wildman–Crippen MR) is 99.6 cm³/mol. The maximum atomic E-state index is 12.4. The van der Waals surface area contributed by atoms with Crippen molar-refractivity contribution >= 4 is 17.4 Å². The highest BCUT2D eigenvalue weighted by Crippen LogP contribution is 2.11. The van der Waals surface area contributed by atoms with Gasteiger partial charge in [0.25, 0.3) is 0 Å². The molecule has 4 aromatic rings. The van der Waals surface area contributed by atoms with Crippen molar-refractivity contribution in [2.24, 2.45) is 0 Å². The first-order valence-corrected chi connectivity index (χ1v) is 8.39. The SMILES string of the molecule is O=C(NCc1ccco1)Nc1cccc(Cn2nc3ccccn3c2=O)c1. The number of aromatic nitrogens is 3. The van der Waals surface area contributed by atoms with Crippen LogP contribution in [0.5, 0.6) is 0 Å². The summed E-state index contributed by atoms with van der Waals surface area (Å²) in [6.07, 6.45) is 3.24. The van der Waals surface area contributed by atoms with Gasteiger partial charge >= 0.3 is 11.7 Å². The van der Waals surface area contributed by atoms with Crippen LogP contribution in [0.25, 0.3) is 5.65 Å². The molecule has 1 aromatic carbocycles. The minimum absolute atomic E-state index is 0.208. The zero-order valence-electron chi connectivity index (χ0n) is 14.3. The number of fused-ring (bicyclic) bond motifs is 1. The van der Waals surface area contributed by atoms with Crippen molar-refractivity contribution in [2.45, 2.75) is 13.1 Å². The molecule has 0 radical (unpaired) electrons. The zero-order chi connectivity index (χ0) is 18.6. The number of nitrogens with zero attached hydrogens (tertiary/aromatic N) is 3. The monoisotopic (exact) mass is 363 g/mol. The Labute approximate surface area is 154 Å². The highest BCUT2D eigenvalue weighted by atomic mass is 16.3. The Morgan fingerprint density at radius 2 is 2.04 bits per heavy atom. The molecule has 2 N–H and O–H groups in total. The molecule has 8 nitrogen and oxygen atoms in total. The van der Waals surface area contributed by atoms with E-state index in [-0.39, 0.29) is 11.7 Å². The number of furan rings is 1. The van der Waals surface area contributed by atoms with E-state index in [1.54, 1.807) is 42.8 Å². The molecule has 0 aliphatic carbocycles. The summed E-state index contributed by atoms with van der Waals surface area (Å²) in [7, 11) is 0. The molecule has 0 unspecified atom stereocenters. The van der Waals surface area contributed by atoms with E-state index in [1.165, 1.54) is 9.08 Å². The van der Waals surface area contributed by atoms with Gasteiger partial charge in [-0.2, -0.15) is 0 Å². The van der Waals surface area contributed by atoms with Crippen LogP contribution >= 0.6 is 0 Å². The molecular formula is C19H17N5O3. The van der Waals surface area contributed by atoms with Crippen molar-refractivity contribution in [3.05, 3.63) is 88.9 Å². The van der Waals surface area contributed by atoms with E-state index in [0.29, 0.717) is 30.2 Å². The lowest BCUT2D eigenvalue weighted by Crippen LogP contribution is -2.28. The fraction of sp³-hybridized carbons (Fsp3) is 0.105. The second-order valence-corrected chi connectivity index (χ2v) is 5.96. The van der Waals surface area contributed by atoms with Gasteiger partial charge in [-0.1, -0.05) is 18.2 Å². The molecule has 27 heavy (non-hydrogen) atoms. The van der Waals surface area contributed by atoms with Gasteiger partial charge in [-0.25, -0.2) is 14.3 Å². The third kappa shape index (κ3) is 3.74. The van der Waals surface area contributed by atoms with Crippen molar-refractivity contribution in [1.82, 2.24) is 19.5 Å². The topological polar surface area (TPSA) is 93.6 Å². The number of urea groups is 1. The molecule has 3 heterocycles. The average Bonchev–Trinajstić information content (AvgIpc) is 3.29. The molecule has 136 valence electrons. The third-order valence-electron chi connectivity index (χ3n) is 4.01. The number of rotatable bonds is 5. The smallest absolute Gasteiger partial charge is 0.350 e. The van der Waals surface area contributed by atoms with Crippen molar-refractivity contribution < 1.29 is 9.21 Å². The van der Waals surface area contributed by atoms with Gasteiger partial charge in [0.1, 0.15) is 5.76 Å². The maximum absolute atomic E-state index is 12.4. The first-order valence-electron chi connectivity index (χ1n) is 8.39. The first kappa shape index (κ1) is 16.6. The van der Waals surface area contributed by atoms with Crippen LogP contribution in [-0.4, -0.2) is 20.2 Å². The molecule has 0 aliphatic heterocycles. The van der Waals surface area contributed by atoms with Crippen LogP contribution in [0.3, 0.4) is 0 Å². The van der Waals surface area contributed by atoms with Crippen LogP contribution in [-0.2, 0) is 13.1 Å². The van der Waals surface area contributed by atoms with E-state index in [2.05, 4.69) is 15.7 Å². The van der Waals surface area contributed by atoms with Gasteiger partial charge in [-0.3, -0.25) is 4.40 Å². The lowest BCUT2D eigenvalue weighted by molar-refractivity contribution is 0.251. The fourth-order valence-corrected chi connectivity index (χ4v) is 2.75. The average molecular weight is 363 g/mol. The minimum atomic E-state index is -0.339. The van der Waals surface area contributed by atoms with Gasteiger partial charge in [-0.05, 0) is 42.0 Å². The van der Waals surface area contributed by atoms with Gasteiger partial charge in [0.2, 0.25) is 0 Å². The first-order chi connectivity index (χ1) is 13.2. The van der Waals surface area contributed by atoms with Crippen LogP contribution in [0.2, 0.25) is 0 Å². The highest BCUT2D eigenvalue weighted by Gasteiger charge is 2.08. The standard InChI is InChI=1S/C19H17N5O3/c25-18(20-12-16-7-4-10-27-16)21-15-6-3-5-14(11-15)13-24-19(26)23-9-2-1-8-17(23)22-24/h1-11H,12-13H2,(H2,20,21,25). The number of carbonyl (C=O) groups excluding carboxylic acids is 1. The Kier molecular flexibility index (Phi) is 4.44. The largest absolute Gasteiger partial charge is 0.467 e. The Morgan fingerprint density at radius 1 is 1.11 bits per heavy atom. The Morgan fingerprint density at radius 3 is 2.85 bits per heavy atom. The van der Waals surface area contributed by atoms with Crippen molar-refractivity contribution in [1.29, 1.82) is 0 Å². The van der Waals surface area contributed by atoms with E-state index in [4.69, 9.17) is 4.42 Å². The van der Waals surface area contributed by atoms with E-state index in [0.717, 1.165) is 5.56 Å². The number of benzene rings is 1. The molecule has 0 fully saturated rings. The Bertz CT molecular complexity index is 1130. The lowest BCUT2D eigenvalue weighted by Gasteiger charge is -2.08. The summed E-state index contributed by atoms with van der Waals surface area (Å²) >= 11 is 0. The summed E-state index contributed by atoms with van der Waals surface area (Å²) in [4.78, 5) is 24.4. The Balaban J connectivity index is 1.44. The van der Waals surface area contributed by atoms with E-state index < -0.39 is 0 Å². The van der Waals surface area contributed by atoms with E-state index in [9.17, 15) is 9.59 Å². The molecule has 0 saturated heterocycles. The molecule has 8 heteroatoms. The van der Waals surface area contributed by atoms with Crippen molar-refractivity contribution in [2.75, 3.05) is 5.32 Å². The van der Waals surface area contributed by atoms with E-state index in [1.807, 2.05) is 24.3 Å². The summed E-state index contributed by atoms with van der Waals surface area (Å²) in [5.74, 6) is 0.671. The highest BCUT2D eigenvalue weighted by molar-refractivity contribution is 5.89. The van der Waals surface area contributed by atoms with Crippen molar-refractivity contribution in [3.8, 4) is 0 Å². The number of carbonyl (C=O) groups is 1. The molecular weight excluding hydrogens is 346 g/mol. The second kappa shape index (κ2) is 7.20. The summed E-state index contributed by atoms with van der Waals surface area (Å²) in [6, 6.07) is 15.9. The quantitative estimate of drug-likeness (QED) is 0.570. The number of pyridine rings is 1. The minimum Gasteiger partial charge on any atom is -0.467 e. The molecule has 3 aromatic heterocycles. The molecule has 0 bridgehead atoms. The number of anilines is 1. The molecule has 0 spiro atoms. The zero-order valence-corrected chi connectivity index (χ0v) is 14.3. The van der Waals surface area contributed by atoms with Crippen LogP contribution in [0.15, 0.2) is 76.3 Å². The normalized spacial score (nSPS) is 10.8. The van der Waals surface area contributed by atoms with Gasteiger partial charge < -0.3 is 15.1 Å². The third-order valence-corrected chi connectivity index (χ3v) is 4.01.